The smallest absolute Gasteiger partial charge is 0.178 e. The van der Waals surface area contributed by atoms with Crippen LogP contribution in [0.3, 0.4) is 0 Å². The second-order valence-electron chi connectivity index (χ2n) is 19.6. The van der Waals surface area contributed by atoms with E-state index in [0.717, 1.165) is 72.1 Å². The summed E-state index contributed by atoms with van der Waals surface area (Å²) < 4.78 is 18.9. The van der Waals surface area contributed by atoms with Gasteiger partial charge in [-0.2, -0.15) is 0 Å². The lowest BCUT2D eigenvalue weighted by atomic mass is 9.92. The zero-order chi connectivity index (χ0) is 50.1. The van der Waals surface area contributed by atoms with Crippen molar-refractivity contribution in [1.82, 2.24) is 9.13 Å². The lowest BCUT2D eigenvalue weighted by molar-refractivity contribution is 0.476. The van der Waals surface area contributed by atoms with E-state index >= 15 is 0 Å². The van der Waals surface area contributed by atoms with Gasteiger partial charge in [-0.05, 0) is 134 Å². The summed E-state index contributed by atoms with van der Waals surface area (Å²) in [5.74, 6) is 1.34. The third-order valence-electron chi connectivity index (χ3n) is 15.2. The molecule has 0 fully saturated rings. The van der Waals surface area contributed by atoms with Crippen molar-refractivity contribution in [2.75, 3.05) is 0 Å². The van der Waals surface area contributed by atoms with E-state index in [-0.39, 0.29) is 0 Å². The number of aromatic nitrogens is 2. The first-order valence-corrected chi connectivity index (χ1v) is 25.9. The number of benzene rings is 12. The molecule has 0 radical (unpaired) electrons. The fourth-order valence-corrected chi connectivity index (χ4v) is 11.6. The van der Waals surface area contributed by atoms with Crippen LogP contribution in [0.15, 0.2) is 283 Å². The molecule has 0 aliphatic heterocycles. The molecule has 15 aromatic rings. The van der Waals surface area contributed by atoms with E-state index in [4.69, 9.17) is 9.15 Å². The monoisotopic (exact) mass is 970 g/mol. The molecule has 0 bridgehead atoms. The minimum Gasteiger partial charge on any atom is -0.453 e. The number of fused-ring (bicyclic) bond motifs is 9. The molecule has 4 nitrogen and oxygen atoms in total. The number of nitrogens with zero attached hydrogens (tertiary/aromatic N) is 2. The number of para-hydroxylation sites is 2. The van der Waals surface area contributed by atoms with Crippen molar-refractivity contribution in [2.24, 2.45) is 0 Å². The third kappa shape index (κ3) is 7.30. The van der Waals surface area contributed by atoms with E-state index < -0.39 is 0 Å². The minimum atomic E-state index is 0.628. The van der Waals surface area contributed by atoms with Crippen LogP contribution in [-0.4, -0.2) is 9.13 Å². The van der Waals surface area contributed by atoms with E-state index in [9.17, 15) is 0 Å². The van der Waals surface area contributed by atoms with Gasteiger partial charge in [-0.25, -0.2) is 0 Å². The first kappa shape index (κ1) is 43.4. The van der Waals surface area contributed by atoms with Gasteiger partial charge < -0.3 is 18.3 Å². The highest BCUT2D eigenvalue weighted by Crippen LogP contribution is 2.45. The fraction of sp³-hybridized carbons (Fsp3) is 0. The van der Waals surface area contributed by atoms with Gasteiger partial charge in [-0.1, -0.05) is 194 Å². The number of furan rings is 1. The Morgan fingerprint density at radius 2 is 0.724 bits per heavy atom. The Morgan fingerprint density at radius 1 is 0.263 bits per heavy atom. The molecule has 15 rings (SSSR count). The molecular weight excluding hydrogens is 925 g/mol. The van der Waals surface area contributed by atoms with Crippen LogP contribution in [0.1, 0.15) is 0 Å². The Kier molecular flexibility index (Phi) is 10.2. The molecule has 0 unspecified atom stereocenters. The molecule has 0 saturated carbocycles. The molecule has 0 amide bonds. The summed E-state index contributed by atoms with van der Waals surface area (Å²) in [6.45, 7) is 0. The zero-order valence-corrected chi connectivity index (χ0v) is 41.3. The maximum Gasteiger partial charge on any atom is 0.178 e. The molecule has 0 aliphatic carbocycles. The largest absolute Gasteiger partial charge is 0.453 e. The normalized spacial score (nSPS) is 11.7. The van der Waals surface area contributed by atoms with Gasteiger partial charge in [0.2, 0.25) is 0 Å². The van der Waals surface area contributed by atoms with Crippen LogP contribution in [0.4, 0.5) is 0 Å². The maximum absolute atomic E-state index is 7.20. The Hall–Kier alpha value is -10.2. The van der Waals surface area contributed by atoms with Crippen LogP contribution >= 0.6 is 0 Å². The van der Waals surface area contributed by atoms with Gasteiger partial charge in [0.1, 0.15) is 11.3 Å². The summed E-state index contributed by atoms with van der Waals surface area (Å²) in [5.41, 5.74) is 19.6. The summed E-state index contributed by atoms with van der Waals surface area (Å²) in [4.78, 5) is 0. The van der Waals surface area contributed by atoms with Gasteiger partial charge in [0.05, 0.1) is 27.8 Å². The van der Waals surface area contributed by atoms with Gasteiger partial charge in [0.25, 0.3) is 0 Å². The molecule has 3 heterocycles. The molecule has 0 atom stereocenters. The Morgan fingerprint density at radius 3 is 1.33 bits per heavy atom. The number of rotatable bonds is 9. The lowest BCUT2D eigenvalue weighted by Gasteiger charge is -2.14. The third-order valence-corrected chi connectivity index (χ3v) is 15.2. The standard InChI is InChI=1S/C72H46N2O2/c1-4-18-47(19-5-1)50-24-16-25-53(40-50)58-28-10-11-29-59(58)54-26-17-27-57(41-54)75-71-46-56(74-67-33-15-13-31-61(67)63-43-52(35-38-69(63)74)49-22-8-3-9-23-49)45-65-64-44-55(36-39-70(64)76-72(65)71)73-66-32-14-12-30-60(66)62-42-51(34-37-68(62)73)48-20-6-2-7-21-48/h1-46H. The molecule has 12 aromatic carbocycles. The first-order valence-electron chi connectivity index (χ1n) is 25.9. The molecule has 76 heavy (non-hydrogen) atoms. The summed E-state index contributed by atoms with van der Waals surface area (Å²) in [5, 5.41) is 6.74. The highest BCUT2D eigenvalue weighted by molar-refractivity contribution is 6.14. The summed E-state index contributed by atoms with van der Waals surface area (Å²) >= 11 is 0. The molecule has 0 aliphatic rings. The highest BCUT2D eigenvalue weighted by Gasteiger charge is 2.22. The Bertz CT molecular complexity index is 4720. The minimum absolute atomic E-state index is 0.628. The van der Waals surface area contributed by atoms with Crippen molar-refractivity contribution >= 4 is 65.6 Å². The number of hydrogen-bond donors (Lipinski definition) is 0. The lowest BCUT2D eigenvalue weighted by Crippen LogP contribution is -1.96. The quantitative estimate of drug-likeness (QED) is 0.144. The molecule has 4 heteroatoms. The van der Waals surface area contributed by atoms with Crippen molar-refractivity contribution in [3.05, 3.63) is 279 Å². The van der Waals surface area contributed by atoms with E-state index in [2.05, 4.69) is 282 Å². The van der Waals surface area contributed by atoms with Crippen LogP contribution < -0.4 is 4.74 Å². The predicted octanol–water partition coefficient (Wildman–Crippen LogP) is 19.9. The topological polar surface area (TPSA) is 32.2 Å². The maximum atomic E-state index is 7.20. The Labute approximate surface area is 439 Å². The van der Waals surface area contributed by atoms with Gasteiger partial charge in [0, 0.05) is 44.1 Å². The van der Waals surface area contributed by atoms with Gasteiger partial charge in [-0.3, -0.25) is 0 Å². The Balaban J connectivity index is 0.911. The molecule has 0 N–H and O–H groups in total. The van der Waals surface area contributed by atoms with E-state index in [1.165, 1.54) is 54.9 Å². The van der Waals surface area contributed by atoms with Gasteiger partial charge in [-0.15, -0.1) is 0 Å². The van der Waals surface area contributed by atoms with E-state index in [0.29, 0.717) is 17.1 Å². The number of ether oxygens (including phenoxy) is 1. The summed E-state index contributed by atoms with van der Waals surface area (Å²) in [6.07, 6.45) is 0. The van der Waals surface area contributed by atoms with Crippen LogP contribution in [0, 0.1) is 0 Å². The first-order chi connectivity index (χ1) is 37.7. The average Bonchev–Trinajstić information content (AvgIpc) is 4.23. The predicted molar refractivity (Wildman–Crippen MR) is 316 cm³/mol. The average molecular weight is 971 g/mol. The van der Waals surface area contributed by atoms with Crippen molar-refractivity contribution in [3.63, 3.8) is 0 Å². The fourth-order valence-electron chi connectivity index (χ4n) is 11.6. The van der Waals surface area contributed by atoms with Crippen LogP contribution in [0.25, 0.3) is 133 Å². The molecule has 0 saturated heterocycles. The zero-order valence-electron chi connectivity index (χ0n) is 41.3. The summed E-state index contributed by atoms with van der Waals surface area (Å²) in [6, 6.07) is 99.7. The van der Waals surface area contributed by atoms with Gasteiger partial charge >= 0.3 is 0 Å². The highest BCUT2D eigenvalue weighted by atomic mass is 16.5. The van der Waals surface area contributed by atoms with Crippen LogP contribution in [-0.2, 0) is 0 Å². The van der Waals surface area contributed by atoms with Crippen molar-refractivity contribution in [3.8, 4) is 78.5 Å². The molecular formula is C72H46N2O2. The van der Waals surface area contributed by atoms with Gasteiger partial charge in [0.15, 0.2) is 11.3 Å². The van der Waals surface area contributed by atoms with E-state index in [1.807, 2.05) is 6.07 Å². The number of hydrogen-bond acceptors (Lipinski definition) is 2. The van der Waals surface area contributed by atoms with Crippen molar-refractivity contribution in [1.29, 1.82) is 0 Å². The van der Waals surface area contributed by atoms with Crippen molar-refractivity contribution in [2.45, 2.75) is 0 Å². The van der Waals surface area contributed by atoms with E-state index in [1.54, 1.807) is 0 Å². The van der Waals surface area contributed by atoms with Crippen LogP contribution in [0.2, 0.25) is 0 Å². The molecule has 0 spiro atoms. The second kappa shape index (κ2) is 17.8. The second-order valence-corrected chi connectivity index (χ2v) is 19.6. The summed E-state index contributed by atoms with van der Waals surface area (Å²) in [7, 11) is 0. The van der Waals surface area contributed by atoms with Crippen molar-refractivity contribution < 1.29 is 9.15 Å². The van der Waals surface area contributed by atoms with Crippen LogP contribution in [0.5, 0.6) is 11.5 Å². The molecule has 3 aromatic heterocycles. The molecule has 356 valence electrons. The SMILES string of the molecule is c1ccc(-c2cccc(-c3ccccc3-c3cccc(Oc4cc(-n5c6ccccc6c6cc(-c7ccccc7)ccc65)cc5c4oc4ccc(-n6c7ccccc7c7cc(-c8ccccc8)ccc76)cc45)c3)c2)cc1.